The van der Waals surface area contributed by atoms with Crippen molar-refractivity contribution in [1.82, 2.24) is 0 Å². The number of rotatable bonds is 0. The van der Waals surface area contributed by atoms with Crippen LogP contribution < -0.4 is 0 Å². The molecule has 17 heavy (non-hydrogen) atoms. The Morgan fingerprint density at radius 2 is 1.35 bits per heavy atom. The third-order valence-corrected chi connectivity index (χ3v) is 6.16. The van der Waals surface area contributed by atoms with Crippen LogP contribution in [0, 0.1) is 17.8 Å². The van der Waals surface area contributed by atoms with Gasteiger partial charge in [0.25, 0.3) is 0 Å². The summed E-state index contributed by atoms with van der Waals surface area (Å²) < 4.78 is 23.0. The van der Waals surface area contributed by atoms with E-state index in [0.29, 0.717) is 17.6 Å². The van der Waals surface area contributed by atoms with Crippen LogP contribution >= 0.6 is 0 Å². The molecule has 1 saturated heterocycles. The highest BCUT2D eigenvalue weighted by Crippen LogP contribution is 2.56. The van der Waals surface area contributed by atoms with Crippen molar-refractivity contribution >= 4 is 9.84 Å². The van der Waals surface area contributed by atoms with E-state index in [1.54, 1.807) is 0 Å². The van der Waals surface area contributed by atoms with Crippen molar-refractivity contribution in [3.05, 3.63) is 0 Å². The summed E-state index contributed by atoms with van der Waals surface area (Å²) in [6.07, 6.45) is 3.42. The molecule has 4 unspecified atom stereocenters. The van der Waals surface area contributed by atoms with Gasteiger partial charge in [0.05, 0.1) is 11.0 Å². The highest BCUT2D eigenvalue weighted by Gasteiger charge is 2.57. The van der Waals surface area contributed by atoms with Gasteiger partial charge in [0.2, 0.25) is 0 Å². The number of hydrogen-bond donors (Lipinski definition) is 0. The van der Waals surface area contributed by atoms with Crippen LogP contribution in [0.1, 0.15) is 60.8 Å². The zero-order chi connectivity index (χ0) is 13.6. The molecule has 0 aromatic heterocycles. The average molecular weight is 262 g/mol. The molecule has 2 nitrogen and oxygen atoms in total. The van der Waals surface area contributed by atoms with E-state index in [9.17, 15) is 8.42 Å². The molecule has 3 aliphatic rings. The quantitative estimate of drug-likeness (QED) is 0.663. The highest BCUT2D eigenvalue weighted by atomic mass is 32.2. The molecule has 1 heterocycles. The van der Waals surface area contributed by atoms with Crippen molar-refractivity contribution in [2.75, 3.05) is 5.75 Å². The van der Waals surface area contributed by atoms with Crippen molar-refractivity contribution in [2.24, 2.45) is 17.8 Å². The maximum absolute atomic E-state index is 11.5. The van der Waals surface area contributed by atoms with E-state index in [4.69, 9.17) is 0 Å². The van der Waals surface area contributed by atoms with Crippen LogP contribution in [0.15, 0.2) is 0 Å². The maximum atomic E-state index is 11.5. The molecule has 3 heteroatoms. The first-order chi connectivity index (χ1) is 8.17. The lowest BCUT2D eigenvalue weighted by atomic mass is 9.91. The second-order valence-electron chi connectivity index (χ2n) is 4.37. The molecule has 2 aliphatic carbocycles. The predicted molar refractivity (Wildman–Crippen MR) is 75.9 cm³/mol. The smallest absolute Gasteiger partial charge is 0.153 e. The molecule has 104 valence electrons. The van der Waals surface area contributed by atoms with Crippen molar-refractivity contribution in [2.45, 2.75) is 66.1 Å². The van der Waals surface area contributed by atoms with Crippen molar-refractivity contribution in [1.29, 1.82) is 0 Å². The number of hydrogen-bond acceptors (Lipinski definition) is 2. The van der Waals surface area contributed by atoms with Gasteiger partial charge in [-0.1, -0.05) is 41.5 Å². The Hall–Kier alpha value is -0.0500. The molecule has 0 spiro atoms. The molecule has 0 aromatic rings. The van der Waals surface area contributed by atoms with Crippen LogP contribution in [0.2, 0.25) is 0 Å². The van der Waals surface area contributed by atoms with Crippen LogP contribution in [-0.4, -0.2) is 19.4 Å². The van der Waals surface area contributed by atoms with E-state index in [-0.39, 0.29) is 5.25 Å². The molecule has 4 atom stereocenters. The monoisotopic (exact) mass is 262 g/mol. The normalized spacial score (nSPS) is 38.0. The fourth-order valence-electron chi connectivity index (χ4n) is 3.45. The van der Waals surface area contributed by atoms with Gasteiger partial charge in [-0.3, -0.25) is 0 Å². The van der Waals surface area contributed by atoms with Crippen LogP contribution in [0.25, 0.3) is 0 Å². The van der Waals surface area contributed by atoms with E-state index >= 15 is 0 Å². The third kappa shape index (κ3) is 3.24. The van der Waals surface area contributed by atoms with Crippen LogP contribution in [0.3, 0.4) is 0 Å². The van der Waals surface area contributed by atoms with E-state index < -0.39 is 9.84 Å². The second kappa shape index (κ2) is 7.40. The summed E-state index contributed by atoms with van der Waals surface area (Å²) in [5.41, 5.74) is 0. The molecule has 0 amide bonds. The molecule has 0 aromatic carbocycles. The summed E-state index contributed by atoms with van der Waals surface area (Å²) in [6.45, 7) is 12.0. The van der Waals surface area contributed by atoms with Gasteiger partial charge in [-0.2, -0.15) is 0 Å². The fourth-order valence-corrected chi connectivity index (χ4v) is 6.11. The van der Waals surface area contributed by atoms with Gasteiger partial charge in [0.1, 0.15) is 0 Å². The SMILES string of the molecule is CC.CC.CC.O=S1(=O)CC2CC3CC2C1C3. The first-order valence-electron chi connectivity index (χ1n) is 7.38. The molecule has 3 fully saturated rings. The summed E-state index contributed by atoms with van der Waals surface area (Å²) >= 11 is 0. The molecule has 1 aliphatic heterocycles. The largest absolute Gasteiger partial charge is 0.229 e. The van der Waals surface area contributed by atoms with Gasteiger partial charge < -0.3 is 0 Å². The zero-order valence-corrected chi connectivity index (χ0v) is 13.2. The summed E-state index contributed by atoms with van der Waals surface area (Å²) in [5.74, 6) is 2.42. The van der Waals surface area contributed by atoms with Crippen LogP contribution in [0.5, 0.6) is 0 Å². The first-order valence-corrected chi connectivity index (χ1v) is 9.10. The number of fused-ring (bicyclic) bond motifs is 1. The van der Waals surface area contributed by atoms with Crippen LogP contribution in [0.4, 0.5) is 0 Å². The van der Waals surface area contributed by atoms with Crippen molar-refractivity contribution < 1.29 is 8.42 Å². The Kier molecular flexibility index (Phi) is 7.38. The van der Waals surface area contributed by atoms with Gasteiger partial charge in [-0.25, -0.2) is 8.42 Å². The zero-order valence-electron chi connectivity index (χ0n) is 12.4. The summed E-state index contributed by atoms with van der Waals surface area (Å²) in [7, 11) is -2.63. The lowest BCUT2D eigenvalue weighted by molar-refractivity contribution is 0.397. The fraction of sp³-hybridized carbons (Fsp3) is 1.00. The van der Waals surface area contributed by atoms with E-state index in [2.05, 4.69) is 0 Å². The van der Waals surface area contributed by atoms with Gasteiger partial charge >= 0.3 is 0 Å². The topological polar surface area (TPSA) is 34.1 Å². The molecule has 2 saturated carbocycles. The second-order valence-corrected chi connectivity index (χ2v) is 6.63. The van der Waals surface area contributed by atoms with Crippen LogP contribution in [-0.2, 0) is 9.84 Å². The Labute approximate surface area is 108 Å². The predicted octanol–water partition coefficient (Wildman–Crippen LogP) is 3.91. The number of sulfone groups is 1. The van der Waals surface area contributed by atoms with Crippen molar-refractivity contribution in [3.63, 3.8) is 0 Å². The standard InChI is InChI=1S/C8H12O2S.3C2H6/c9-11(10)4-6-1-5-2-7(6)8(11)3-5;3*1-2/h5-8H,1-4H2;3*1-2H3. The Morgan fingerprint density at radius 3 is 1.71 bits per heavy atom. The minimum atomic E-state index is -2.63. The van der Waals surface area contributed by atoms with Gasteiger partial charge in [0.15, 0.2) is 9.84 Å². The molecular weight excluding hydrogens is 232 g/mol. The molecular formula is C14H30O2S. The third-order valence-electron chi connectivity index (χ3n) is 3.80. The Bertz CT molecular complexity index is 293. The van der Waals surface area contributed by atoms with Gasteiger partial charge in [-0.05, 0) is 37.0 Å². The Morgan fingerprint density at radius 1 is 0.824 bits per heavy atom. The van der Waals surface area contributed by atoms with E-state index in [1.807, 2.05) is 41.5 Å². The van der Waals surface area contributed by atoms with E-state index in [0.717, 1.165) is 12.3 Å². The highest BCUT2D eigenvalue weighted by molar-refractivity contribution is 7.92. The first kappa shape index (κ1) is 16.9. The molecule has 3 rings (SSSR count). The summed E-state index contributed by atoms with van der Waals surface area (Å²) in [4.78, 5) is 0. The minimum Gasteiger partial charge on any atom is -0.229 e. The lowest BCUT2D eigenvalue weighted by Crippen LogP contribution is -2.19. The minimum absolute atomic E-state index is 0.0891. The van der Waals surface area contributed by atoms with Gasteiger partial charge in [-0.15, -0.1) is 0 Å². The van der Waals surface area contributed by atoms with E-state index in [1.165, 1.54) is 12.8 Å². The molecule has 0 N–H and O–H groups in total. The lowest BCUT2D eigenvalue weighted by Gasteiger charge is -2.14. The summed E-state index contributed by atoms with van der Waals surface area (Å²) in [5, 5.41) is 0.0891. The maximum Gasteiger partial charge on any atom is 0.153 e. The molecule has 0 radical (unpaired) electrons. The van der Waals surface area contributed by atoms with Gasteiger partial charge in [0, 0.05) is 0 Å². The molecule has 2 bridgehead atoms. The van der Waals surface area contributed by atoms with Crippen molar-refractivity contribution in [3.8, 4) is 0 Å². The average Bonchev–Trinajstić information content (AvgIpc) is 2.98. The summed E-state index contributed by atoms with van der Waals surface area (Å²) in [6, 6.07) is 0. The Balaban J connectivity index is 0.000000379.